The minimum Gasteiger partial charge on any atom is -0.454 e. The number of carbonyl (C=O) groups is 1. The zero-order valence-electron chi connectivity index (χ0n) is 18.6. The van der Waals surface area contributed by atoms with Crippen LogP contribution in [0.2, 0.25) is 0 Å². The molecular weight excluding hydrogens is 424 g/mol. The second-order valence-electron chi connectivity index (χ2n) is 8.76. The van der Waals surface area contributed by atoms with Gasteiger partial charge in [0, 0.05) is 57.4 Å². The lowest BCUT2D eigenvalue weighted by atomic mass is 10.1. The lowest BCUT2D eigenvalue weighted by molar-refractivity contribution is -0.384. The van der Waals surface area contributed by atoms with E-state index in [1.807, 2.05) is 18.2 Å². The second-order valence-corrected chi connectivity index (χ2v) is 8.76. The number of carbonyl (C=O) groups excluding carboxylic acids is 1. The van der Waals surface area contributed by atoms with Gasteiger partial charge in [0.1, 0.15) is 5.69 Å². The third-order valence-electron chi connectivity index (χ3n) is 6.62. The van der Waals surface area contributed by atoms with E-state index in [1.54, 1.807) is 17.0 Å². The van der Waals surface area contributed by atoms with Gasteiger partial charge < -0.3 is 19.3 Å². The van der Waals surface area contributed by atoms with Crippen molar-refractivity contribution in [2.75, 3.05) is 51.0 Å². The molecule has 2 fully saturated rings. The molecule has 3 aliphatic heterocycles. The molecule has 0 atom stereocenters. The molecule has 0 spiro atoms. The minimum atomic E-state index is -0.371. The molecule has 0 bridgehead atoms. The summed E-state index contributed by atoms with van der Waals surface area (Å²) >= 11 is 0. The summed E-state index contributed by atoms with van der Waals surface area (Å²) in [6, 6.07) is 10.9. The Morgan fingerprint density at radius 2 is 1.67 bits per heavy atom. The molecule has 5 rings (SSSR count). The second kappa shape index (κ2) is 9.27. The number of amides is 1. The zero-order valence-corrected chi connectivity index (χ0v) is 18.6. The monoisotopic (exact) mass is 452 g/mol. The molecule has 1 amide bonds. The maximum absolute atomic E-state index is 13.1. The fraction of sp³-hybridized carbons (Fsp3) is 0.458. The first-order valence-corrected chi connectivity index (χ1v) is 11.5. The Morgan fingerprint density at radius 3 is 2.42 bits per heavy atom. The highest BCUT2D eigenvalue weighted by Gasteiger charge is 2.27. The van der Waals surface area contributed by atoms with E-state index in [-0.39, 0.29) is 23.3 Å². The molecule has 3 heterocycles. The first-order valence-electron chi connectivity index (χ1n) is 11.5. The molecule has 0 N–H and O–H groups in total. The number of piperazine rings is 1. The number of rotatable bonds is 5. The smallest absolute Gasteiger partial charge is 0.293 e. The number of nitro benzene ring substituents is 1. The third-order valence-corrected chi connectivity index (χ3v) is 6.62. The van der Waals surface area contributed by atoms with Crippen LogP contribution in [-0.4, -0.2) is 66.7 Å². The lowest BCUT2D eigenvalue weighted by Gasteiger charge is -2.35. The van der Waals surface area contributed by atoms with Gasteiger partial charge in [-0.1, -0.05) is 6.07 Å². The summed E-state index contributed by atoms with van der Waals surface area (Å²) in [6.45, 7) is 5.34. The van der Waals surface area contributed by atoms with Crippen LogP contribution in [0.3, 0.4) is 0 Å². The number of hydrogen-bond acceptors (Lipinski definition) is 7. The number of ether oxygens (including phenoxy) is 2. The standard InChI is InChI=1S/C24H28N4O5/c29-24(19-5-6-20(21(15-19)28(30)31)26-8-2-1-3-9-26)27-12-10-25(11-13-27)16-18-4-7-22-23(14-18)33-17-32-22/h4-7,14-15H,1-3,8-13,16-17H2. The zero-order chi connectivity index (χ0) is 22.8. The molecule has 0 aliphatic carbocycles. The molecule has 0 radical (unpaired) electrons. The van der Waals surface area contributed by atoms with Crippen molar-refractivity contribution in [3.63, 3.8) is 0 Å². The van der Waals surface area contributed by atoms with Crippen molar-refractivity contribution in [1.82, 2.24) is 9.80 Å². The van der Waals surface area contributed by atoms with E-state index in [0.717, 1.165) is 69.0 Å². The quantitative estimate of drug-likeness (QED) is 0.508. The van der Waals surface area contributed by atoms with Gasteiger partial charge in [0.25, 0.3) is 11.6 Å². The molecular formula is C24H28N4O5. The van der Waals surface area contributed by atoms with Crippen molar-refractivity contribution in [3.8, 4) is 11.5 Å². The Labute approximate surface area is 192 Å². The van der Waals surface area contributed by atoms with Gasteiger partial charge in [-0.2, -0.15) is 0 Å². The minimum absolute atomic E-state index is 0.0178. The van der Waals surface area contributed by atoms with Gasteiger partial charge in [-0.15, -0.1) is 0 Å². The van der Waals surface area contributed by atoms with Crippen LogP contribution in [0.1, 0.15) is 35.2 Å². The molecule has 174 valence electrons. The van der Waals surface area contributed by atoms with Crippen molar-refractivity contribution < 1.29 is 19.2 Å². The van der Waals surface area contributed by atoms with E-state index in [0.29, 0.717) is 24.3 Å². The first kappa shape index (κ1) is 21.5. The molecule has 3 aliphatic rings. The number of nitrogens with zero attached hydrogens (tertiary/aromatic N) is 4. The third kappa shape index (κ3) is 4.59. The fourth-order valence-electron chi connectivity index (χ4n) is 4.79. The molecule has 2 aromatic carbocycles. The summed E-state index contributed by atoms with van der Waals surface area (Å²) in [5.41, 5.74) is 2.16. The topological polar surface area (TPSA) is 88.4 Å². The number of anilines is 1. The van der Waals surface area contributed by atoms with Crippen molar-refractivity contribution in [3.05, 3.63) is 57.6 Å². The van der Waals surface area contributed by atoms with Crippen LogP contribution in [0.5, 0.6) is 11.5 Å². The Balaban J connectivity index is 1.22. The molecule has 0 unspecified atom stereocenters. The normalized spacial score (nSPS) is 18.4. The van der Waals surface area contributed by atoms with E-state index < -0.39 is 0 Å². The van der Waals surface area contributed by atoms with E-state index in [9.17, 15) is 14.9 Å². The van der Waals surface area contributed by atoms with E-state index in [4.69, 9.17) is 9.47 Å². The van der Waals surface area contributed by atoms with Gasteiger partial charge >= 0.3 is 0 Å². The van der Waals surface area contributed by atoms with Gasteiger partial charge in [-0.05, 0) is 49.1 Å². The number of benzene rings is 2. The predicted molar refractivity (Wildman–Crippen MR) is 123 cm³/mol. The summed E-state index contributed by atoms with van der Waals surface area (Å²) in [5, 5.41) is 11.7. The highest BCUT2D eigenvalue weighted by Crippen LogP contribution is 2.33. The van der Waals surface area contributed by atoms with Crippen LogP contribution in [0.25, 0.3) is 0 Å². The van der Waals surface area contributed by atoms with E-state index in [2.05, 4.69) is 9.80 Å². The predicted octanol–water partition coefficient (Wildman–Crippen LogP) is 3.27. The average molecular weight is 453 g/mol. The fourth-order valence-corrected chi connectivity index (χ4v) is 4.79. The molecule has 33 heavy (non-hydrogen) atoms. The highest BCUT2D eigenvalue weighted by molar-refractivity contribution is 5.96. The molecule has 9 nitrogen and oxygen atoms in total. The van der Waals surface area contributed by atoms with Crippen LogP contribution >= 0.6 is 0 Å². The van der Waals surface area contributed by atoms with Crippen LogP contribution in [0.15, 0.2) is 36.4 Å². The highest BCUT2D eigenvalue weighted by atomic mass is 16.7. The molecule has 9 heteroatoms. The van der Waals surface area contributed by atoms with Crippen LogP contribution in [0.4, 0.5) is 11.4 Å². The van der Waals surface area contributed by atoms with Gasteiger partial charge in [0.2, 0.25) is 6.79 Å². The summed E-state index contributed by atoms with van der Waals surface area (Å²) in [4.78, 5) is 30.6. The molecule has 2 aromatic rings. The SMILES string of the molecule is O=C(c1ccc(N2CCCCC2)c([N+](=O)[O-])c1)N1CCN(Cc2ccc3c(c2)OCO3)CC1. The van der Waals surface area contributed by atoms with Gasteiger partial charge in [0.05, 0.1) is 4.92 Å². The van der Waals surface area contributed by atoms with E-state index in [1.165, 1.54) is 6.07 Å². The van der Waals surface area contributed by atoms with Crippen molar-refractivity contribution in [2.45, 2.75) is 25.8 Å². The van der Waals surface area contributed by atoms with Crippen molar-refractivity contribution in [2.24, 2.45) is 0 Å². The van der Waals surface area contributed by atoms with Gasteiger partial charge in [-0.25, -0.2) is 0 Å². The van der Waals surface area contributed by atoms with Crippen molar-refractivity contribution >= 4 is 17.3 Å². The number of nitro groups is 1. The Morgan fingerprint density at radius 1 is 0.909 bits per heavy atom. The van der Waals surface area contributed by atoms with Crippen LogP contribution < -0.4 is 14.4 Å². The largest absolute Gasteiger partial charge is 0.454 e. The van der Waals surface area contributed by atoms with Crippen LogP contribution in [0, 0.1) is 10.1 Å². The molecule has 2 saturated heterocycles. The van der Waals surface area contributed by atoms with Gasteiger partial charge in [0.15, 0.2) is 11.5 Å². The average Bonchev–Trinajstić information content (AvgIpc) is 3.32. The summed E-state index contributed by atoms with van der Waals surface area (Å²) in [7, 11) is 0. The summed E-state index contributed by atoms with van der Waals surface area (Å²) in [5.74, 6) is 1.40. The first-order chi connectivity index (χ1) is 16.1. The van der Waals surface area contributed by atoms with Crippen molar-refractivity contribution in [1.29, 1.82) is 0 Å². The Kier molecular flexibility index (Phi) is 6.04. The Hall–Kier alpha value is -3.33. The maximum Gasteiger partial charge on any atom is 0.293 e. The summed E-state index contributed by atoms with van der Waals surface area (Å²) in [6.07, 6.45) is 3.23. The lowest BCUT2D eigenvalue weighted by Crippen LogP contribution is -2.48. The maximum atomic E-state index is 13.1. The number of hydrogen-bond donors (Lipinski definition) is 0. The number of fused-ring (bicyclic) bond motifs is 1. The molecule has 0 saturated carbocycles. The molecule has 0 aromatic heterocycles. The van der Waals surface area contributed by atoms with Gasteiger partial charge in [-0.3, -0.25) is 19.8 Å². The van der Waals surface area contributed by atoms with Crippen LogP contribution in [-0.2, 0) is 6.54 Å². The Bertz CT molecular complexity index is 1050. The van der Waals surface area contributed by atoms with E-state index >= 15 is 0 Å². The summed E-state index contributed by atoms with van der Waals surface area (Å²) < 4.78 is 10.8. The number of piperidine rings is 1.